The highest BCUT2D eigenvalue weighted by Gasteiger charge is 2.02. The molecule has 2 heterocycles. The minimum absolute atomic E-state index is 1.01. The van der Waals surface area contributed by atoms with E-state index in [1.165, 1.54) is 0 Å². The van der Waals surface area contributed by atoms with E-state index in [1.807, 2.05) is 65.9 Å². The van der Waals surface area contributed by atoms with Crippen LogP contribution < -0.4 is 0 Å². The molecule has 18 heavy (non-hydrogen) atoms. The van der Waals surface area contributed by atoms with Crippen LogP contribution in [0.1, 0.15) is 11.4 Å². The second-order valence-corrected chi connectivity index (χ2v) is 4.32. The zero-order valence-corrected chi connectivity index (χ0v) is 10.4. The lowest BCUT2D eigenvalue weighted by Crippen LogP contribution is -1.99. The Morgan fingerprint density at radius 3 is 1.67 bits per heavy atom. The van der Waals surface area contributed by atoms with Crippen molar-refractivity contribution in [1.82, 2.24) is 19.6 Å². The number of rotatable bonds is 2. The molecule has 0 N–H and O–H groups in total. The Hall–Kier alpha value is -2.36. The molecule has 0 amide bonds. The maximum atomic E-state index is 4.41. The fourth-order valence-corrected chi connectivity index (χ4v) is 1.90. The number of nitrogens with zero attached hydrogens (tertiary/aromatic N) is 4. The SMILES string of the molecule is Cc1ccn(-c2cccc(-n3ccc(C)n3)c2)n1. The molecule has 0 saturated heterocycles. The van der Waals surface area contributed by atoms with Crippen molar-refractivity contribution < 1.29 is 0 Å². The van der Waals surface area contributed by atoms with Crippen molar-refractivity contribution in [3.8, 4) is 11.4 Å². The molecule has 1 aromatic carbocycles. The van der Waals surface area contributed by atoms with Crippen LogP contribution in [0.25, 0.3) is 11.4 Å². The van der Waals surface area contributed by atoms with Gasteiger partial charge < -0.3 is 0 Å². The van der Waals surface area contributed by atoms with Crippen molar-refractivity contribution in [3.05, 3.63) is 60.2 Å². The highest BCUT2D eigenvalue weighted by Crippen LogP contribution is 2.13. The average molecular weight is 238 g/mol. The van der Waals surface area contributed by atoms with Crippen LogP contribution in [0.2, 0.25) is 0 Å². The van der Waals surface area contributed by atoms with Crippen LogP contribution in [0, 0.1) is 13.8 Å². The van der Waals surface area contributed by atoms with E-state index in [2.05, 4.69) is 16.3 Å². The summed E-state index contributed by atoms with van der Waals surface area (Å²) in [6, 6.07) is 12.1. The summed E-state index contributed by atoms with van der Waals surface area (Å²) in [5.41, 5.74) is 4.09. The average Bonchev–Trinajstić information content (AvgIpc) is 2.98. The summed E-state index contributed by atoms with van der Waals surface area (Å²) in [5, 5.41) is 8.82. The Morgan fingerprint density at radius 1 is 0.778 bits per heavy atom. The lowest BCUT2D eigenvalue weighted by molar-refractivity contribution is 0.840. The van der Waals surface area contributed by atoms with Gasteiger partial charge in [-0.05, 0) is 44.2 Å². The Labute approximate surface area is 105 Å². The van der Waals surface area contributed by atoms with E-state index in [1.54, 1.807) is 0 Å². The maximum Gasteiger partial charge on any atom is 0.0667 e. The first kappa shape index (κ1) is 10.8. The number of hydrogen-bond acceptors (Lipinski definition) is 2. The van der Waals surface area contributed by atoms with Crippen LogP contribution in [0.3, 0.4) is 0 Å². The molecule has 0 saturated carbocycles. The quantitative estimate of drug-likeness (QED) is 0.688. The standard InChI is InChI=1S/C14H14N4/c1-11-6-8-17(15-11)13-4-3-5-14(10-13)18-9-7-12(2)16-18/h3-10H,1-2H3. The Balaban J connectivity index is 2.04. The third kappa shape index (κ3) is 1.93. The maximum absolute atomic E-state index is 4.41. The van der Waals surface area contributed by atoms with Crippen molar-refractivity contribution in [2.24, 2.45) is 0 Å². The zero-order chi connectivity index (χ0) is 12.5. The van der Waals surface area contributed by atoms with Gasteiger partial charge in [0.25, 0.3) is 0 Å². The molecule has 3 aromatic rings. The molecule has 0 atom stereocenters. The van der Waals surface area contributed by atoms with Gasteiger partial charge in [-0.3, -0.25) is 0 Å². The van der Waals surface area contributed by atoms with Gasteiger partial charge in [0.2, 0.25) is 0 Å². The van der Waals surface area contributed by atoms with Crippen molar-refractivity contribution >= 4 is 0 Å². The monoisotopic (exact) mass is 238 g/mol. The van der Waals surface area contributed by atoms with Crippen molar-refractivity contribution in [2.75, 3.05) is 0 Å². The Kier molecular flexibility index (Phi) is 2.48. The molecular weight excluding hydrogens is 224 g/mol. The van der Waals surface area contributed by atoms with Gasteiger partial charge in [0, 0.05) is 12.4 Å². The van der Waals surface area contributed by atoms with Crippen LogP contribution in [-0.2, 0) is 0 Å². The molecular formula is C14H14N4. The van der Waals surface area contributed by atoms with Gasteiger partial charge in [-0.15, -0.1) is 0 Å². The minimum Gasteiger partial charge on any atom is -0.241 e. The van der Waals surface area contributed by atoms with Crippen LogP contribution in [0.5, 0.6) is 0 Å². The fraction of sp³-hybridized carbons (Fsp3) is 0.143. The predicted octanol–water partition coefficient (Wildman–Crippen LogP) is 2.67. The summed E-state index contributed by atoms with van der Waals surface area (Å²) < 4.78 is 3.74. The molecule has 90 valence electrons. The summed E-state index contributed by atoms with van der Waals surface area (Å²) in [7, 11) is 0. The smallest absolute Gasteiger partial charge is 0.0667 e. The minimum atomic E-state index is 1.01. The van der Waals surface area contributed by atoms with Crippen LogP contribution in [0.4, 0.5) is 0 Å². The summed E-state index contributed by atoms with van der Waals surface area (Å²) in [4.78, 5) is 0. The molecule has 0 bridgehead atoms. The van der Waals surface area contributed by atoms with Gasteiger partial charge in [-0.25, -0.2) is 9.36 Å². The van der Waals surface area contributed by atoms with E-state index in [4.69, 9.17) is 0 Å². The van der Waals surface area contributed by atoms with Crippen molar-refractivity contribution in [2.45, 2.75) is 13.8 Å². The third-order valence-electron chi connectivity index (χ3n) is 2.80. The van der Waals surface area contributed by atoms with Crippen molar-refractivity contribution in [1.29, 1.82) is 0 Å². The number of hydrogen-bond donors (Lipinski definition) is 0. The van der Waals surface area contributed by atoms with Crippen molar-refractivity contribution in [3.63, 3.8) is 0 Å². The summed E-state index contributed by atoms with van der Waals surface area (Å²) >= 11 is 0. The van der Waals surface area contributed by atoms with Gasteiger partial charge in [0.15, 0.2) is 0 Å². The summed E-state index contributed by atoms with van der Waals surface area (Å²) in [5.74, 6) is 0. The first-order valence-corrected chi connectivity index (χ1v) is 5.88. The normalized spacial score (nSPS) is 10.8. The van der Waals surface area contributed by atoms with E-state index in [0.29, 0.717) is 0 Å². The molecule has 0 aliphatic carbocycles. The first-order chi connectivity index (χ1) is 8.72. The van der Waals surface area contributed by atoms with E-state index in [-0.39, 0.29) is 0 Å². The second-order valence-electron chi connectivity index (χ2n) is 4.32. The second kappa shape index (κ2) is 4.14. The number of aryl methyl sites for hydroxylation is 2. The molecule has 4 heteroatoms. The highest BCUT2D eigenvalue weighted by molar-refractivity contribution is 5.43. The van der Waals surface area contributed by atoms with Gasteiger partial charge in [-0.1, -0.05) is 6.07 Å². The first-order valence-electron chi connectivity index (χ1n) is 5.88. The highest BCUT2D eigenvalue weighted by atomic mass is 15.3. The molecule has 0 aliphatic heterocycles. The van der Waals surface area contributed by atoms with E-state index < -0.39 is 0 Å². The predicted molar refractivity (Wildman–Crippen MR) is 70.2 cm³/mol. The Bertz CT molecular complexity index is 623. The van der Waals surface area contributed by atoms with Crippen LogP contribution in [-0.4, -0.2) is 19.6 Å². The van der Waals surface area contributed by atoms with Gasteiger partial charge in [0.1, 0.15) is 0 Å². The summed E-state index contributed by atoms with van der Waals surface area (Å²) in [6.45, 7) is 3.97. The molecule has 0 spiro atoms. The molecule has 3 rings (SSSR count). The molecule has 0 aliphatic rings. The van der Waals surface area contributed by atoms with E-state index >= 15 is 0 Å². The zero-order valence-electron chi connectivity index (χ0n) is 10.4. The molecule has 4 nitrogen and oxygen atoms in total. The van der Waals surface area contributed by atoms with E-state index in [9.17, 15) is 0 Å². The number of benzene rings is 1. The van der Waals surface area contributed by atoms with Gasteiger partial charge >= 0.3 is 0 Å². The molecule has 0 unspecified atom stereocenters. The Morgan fingerprint density at radius 2 is 1.28 bits per heavy atom. The summed E-state index contributed by atoms with van der Waals surface area (Å²) in [6.07, 6.45) is 3.92. The lowest BCUT2D eigenvalue weighted by atomic mass is 10.3. The molecule has 2 aromatic heterocycles. The van der Waals surface area contributed by atoms with Crippen LogP contribution in [0.15, 0.2) is 48.8 Å². The van der Waals surface area contributed by atoms with Gasteiger partial charge in [-0.2, -0.15) is 10.2 Å². The fourth-order valence-electron chi connectivity index (χ4n) is 1.90. The largest absolute Gasteiger partial charge is 0.241 e. The molecule has 0 radical (unpaired) electrons. The molecule has 0 fully saturated rings. The lowest BCUT2D eigenvalue weighted by Gasteiger charge is -2.05. The topological polar surface area (TPSA) is 35.6 Å². The third-order valence-corrected chi connectivity index (χ3v) is 2.80. The number of aromatic nitrogens is 4. The van der Waals surface area contributed by atoms with E-state index in [0.717, 1.165) is 22.8 Å². The van der Waals surface area contributed by atoms with Crippen LogP contribution >= 0.6 is 0 Å². The van der Waals surface area contributed by atoms with Gasteiger partial charge in [0.05, 0.1) is 22.8 Å².